The number of aromatic nitrogens is 1. The van der Waals surface area contributed by atoms with Crippen LogP contribution in [0, 0.1) is 0 Å². The lowest BCUT2D eigenvalue weighted by atomic mass is 10.0. The maximum absolute atomic E-state index is 12.3. The van der Waals surface area contributed by atoms with Crippen LogP contribution in [0.4, 0.5) is 0 Å². The minimum Gasteiger partial charge on any atom is -0.492 e. The highest BCUT2D eigenvalue weighted by Gasteiger charge is 2.20. The molecular formula is C34H65N3O6. The number of aliphatic hydroxyl groups is 2. The van der Waals surface area contributed by atoms with E-state index in [-0.39, 0.29) is 11.8 Å². The summed E-state index contributed by atoms with van der Waals surface area (Å²) in [5.41, 5.74) is 5.99. The summed E-state index contributed by atoms with van der Waals surface area (Å²) in [6, 6.07) is 1.54. The van der Waals surface area contributed by atoms with Crippen LogP contribution in [-0.4, -0.2) is 73.9 Å². The molecule has 0 saturated carbocycles. The molecule has 0 aromatic carbocycles. The zero-order valence-corrected chi connectivity index (χ0v) is 27.4. The van der Waals surface area contributed by atoms with Gasteiger partial charge in [0.25, 0.3) is 0 Å². The fourth-order valence-corrected chi connectivity index (χ4v) is 5.53. The first kappa shape index (κ1) is 39.2. The molecular weight excluding hydrogens is 546 g/mol. The predicted molar refractivity (Wildman–Crippen MR) is 174 cm³/mol. The number of nitrogens with two attached hydrogens (primary N) is 1. The lowest BCUT2D eigenvalue weighted by Crippen LogP contribution is -2.39. The average Bonchev–Trinajstić information content (AvgIpc) is 3.29. The van der Waals surface area contributed by atoms with Gasteiger partial charge in [-0.1, -0.05) is 123 Å². The summed E-state index contributed by atoms with van der Waals surface area (Å²) in [5, 5.41) is 40.9. The number of aromatic hydroxyl groups is 2. The second-order valence-corrected chi connectivity index (χ2v) is 12.5. The summed E-state index contributed by atoms with van der Waals surface area (Å²) >= 11 is 0. The number of carbonyl (C=O) groups excluding carboxylic acids is 1. The molecule has 0 aliphatic carbocycles. The summed E-state index contributed by atoms with van der Waals surface area (Å²) in [6.07, 6.45) is 22.3. The van der Waals surface area contributed by atoms with E-state index in [1.165, 1.54) is 89.2 Å². The average molecular weight is 612 g/mol. The number of aliphatic hydroxyl groups excluding tert-OH is 2. The van der Waals surface area contributed by atoms with Crippen molar-refractivity contribution in [3.8, 4) is 11.8 Å². The van der Waals surface area contributed by atoms with E-state index in [0.29, 0.717) is 37.2 Å². The molecule has 6 N–H and O–H groups in total. The number of rotatable bonds is 29. The van der Waals surface area contributed by atoms with Gasteiger partial charge in [-0.15, -0.1) is 4.73 Å². The van der Waals surface area contributed by atoms with E-state index in [9.17, 15) is 25.2 Å². The van der Waals surface area contributed by atoms with E-state index in [0.717, 1.165) is 44.9 Å². The lowest BCUT2D eigenvalue weighted by molar-refractivity contribution is -0.147. The minimum absolute atomic E-state index is 0.384. The van der Waals surface area contributed by atoms with E-state index in [4.69, 9.17) is 10.6 Å². The highest BCUT2D eigenvalue weighted by Crippen LogP contribution is 2.19. The predicted octanol–water partition coefficient (Wildman–Crippen LogP) is 6.44. The van der Waals surface area contributed by atoms with Gasteiger partial charge in [0, 0.05) is 25.2 Å². The van der Waals surface area contributed by atoms with Crippen molar-refractivity contribution in [1.82, 2.24) is 9.63 Å². The number of unbranched alkanes of at least 4 members (excludes halogenated alkanes) is 15. The summed E-state index contributed by atoms with van der Waals surface area (Å²) in [4.78, 5) is 19.4. The van der Waals surface area contributed by atoms with Crippen LogP contribution in [0.5, 0.6) is 11.8 Å². The van der Waals surface area contributed by atoms with Gasteiger partial charge in [0.2, 0.25) is 11.8 Å². The first-order valence-corrected chi connectivity index (χ1v) is 17.4. The van der Waals surface area contributed by atoms with Crippen molar-refractivity contribution in [3.05, 3.63) is 12.1 Å². The molecule has 3 atom stereocenters. The fraction of sp³-hybridized carbons (Fsp3) is 0.853. The molecule has 0 saturated heterocycles. The van der Waals surface area contributed by atoms with E-state index >= 15 is 0 Å². The van der Waals surface area contributed by atoms with Gasteiger partial charge >= 0.3 is 5.97 Å². The van der Waals surface area contributed by atoms with Gasteiger partial charge in [0.1, 0.15) is 6.04 Å². The van der Waals surface area contributed by atoms with Crippen LogP contribution in [0.1, 0.15) is 149 Å². The molecule has 0 fully saturated rings. The molecule has 0 spiro atoms. The molecule has 1 rings (SSSR count). The molecule has 0 amide bonds. The molecule has 0 radical (unpaired) electrons. The first-order valence-electron chi connectivity index (χ1n) is 17.4. The van der Waals surface area contributed by atoms with Crippen molar-refractivity contribution in [2.24, 2.45) is 5.73 Å². The molecule has 9 heteroatoms. The van der Waals surface area contributed by atoms with Crippen molar-refractivity contribution < 1.29 is 30.1 Å². The van der Waals surface area contributed by atoms with E-state index in [1.54, 1.807) is 0 Å². The SMILES string of the molecule is CCCCCCCCCC[C@@H](O)CN(CCCC[C@@H](N)C(=O)On1c(O)ccc1O)C[C@H](O)CCCCCCCCCC. The Balaban J connectivity index is 2.43. The van der Waals surface area contributed by atoms with Crippen molar-refractivity contribution in [2.75, 3.05) is 19.6 Å². The molecule has 1 heterocycles. The Bertz CT molecular complexity index is 758. The second-order valence-electron chi connectivity index (χ2n) is 12.5. The molecule has 1 aromatic heterocycles. The summed E-state index contributed by atoms with van der Waals surface area (Å²) in [5.74, 6) is -1.50. The topological polar surface area (TPSA) is 141 Å². The Morgan fingerprint density at radius 3 is 1.53 bits per heavy atom. The number of hydrogen-bond donors (Lipinski definition) is 5. The Hall–Kier alpha value is -1.81. The van der Waals surface area contributed by atoms with Crippen molar-refractivity contribution in [1.29, 1.82) is 0 Å². The van der Waals surface area contributed by atoms with Crippen LogP contribution in [0.25, 0.3) is 0 Å². The van der Waals surface area contributed by atoms with Crippen LogP contribution >= 0.6 is 0 Å². The molecule has 0 aliphatic rings. The summed E-state index contributed by atoms with van der Waals surface area (Å²) in [6.45, 7) is 6.23. The van der Waals surface area contributed by atoms with Gasteiger partial charge in [0.15, 0.2) is 0 Å². The number of hydrogen-bond acceptors (Lipinski definition) is 8. The number of carbonyl (C=O) groups is 1. The van der Waals surface area contributed by atoms with Crippen LogP contribution in [-0.2, 0) is 4.79 Å². The monoisotopic (exact) mass is 611 g/mol. The normalized spacial score (nSPS) is 13.8. The highest BCUT2D eigenvalue weighted by molar-refractivity contribution is 5.75. The maximum Gasteiger partial charge on any atom is 0.349 e. The molecule has 43 heavy (non-hydrogen) atoms. The fourth-order valence-electron chi connectivity index (χ4n) is 5.53. The third kappa shape index (κ3) is 20.0. The molecule has 1 aromatic rings. The second kappa shape index (κ2) is 25.5. The van der Waals surface area contributed by atoms with Gasteiger partial charge in [-0.3, -0.25) is 4.90 Å². The van der Waals surface area contributed by atoms with Crippen molar-refractivity contribution in [2.45, 2.75) is 167 Å². The van der Waals surface area contributed by atoms with Gasteiger partial charge in [0.05, 0.1) is 12.2 Å². The van der Waals surface area contributed by atoms with Crippen LogP contribution in [0.15, 0.2) is 12.1 Å². The van der Waals surface area contributed by atoms with Crippen LogP contribution in [0.3, 0.4) is 0 Å². The standard InChI is InChI=1S/C34H65N3O6/c1-3-5-7-9-11-13-15-17-21-29(38)27-36(28-30(39)22-18-16-14-12-10-8-6-4-2)26-20-19-23-31(35)34(42)43-37-32(40)24-25-33(37)41/h24-25,29-31,38-41H,3-23,26-28,35H2,1-2H3/t29-,30-,31-/m1/s1. The zero-order valence-electron chi connectivity index (χ0n) is 27.4. The third-order valence-electron chi connectivity index (χ3n) is 8.24. The van der Waals surface area contributed by atoms with E-state index < -0.39 is 24.2 Å². The van der Waals surface area contributed by atoms with Crippen molar-refractivity contribution >= 4 is 5.97 Å². The number of nitrogens with zero attached hydrogens (tertiary/aromatic N) is 2. The molecule has 0 unspecified atom stereocenters. The smallest absolute Gasteiger partial charge is 0.349 e. The first-order chi connectivity index (χ1) is 20.8. The van der Waals surface area contributed by atoms with Gasteiger partial charge in [-0.05, 0) is 32.2 Å². The highest BCUT2D eigenvalue weighted by atomic mass is 16.7. The van der Waals surface area contributed by atoms with Crippen LogP contribution < -0.4 is 10.6 Å². The Labute approximate surface area is 261 Å². The van der Waals surface area contributed by atoms with E-state index in [2.05, 4.69) is 18.7 Å². The van der Waals surface area contributed by atoms with Gasteiger partial charge in [-0.25, -0.2) is 4.79 Å². The Kier molecular flexibility index (Phi) is 23.3. The molecule has 9 nitrogen and oxygen atoms in total. The lowest BCUT2D eigenvalue weighted by Gasteiger charge is -2.27. The van der Waals surface area contributed by atoms with Crippen LogP contribution in [0.2, 0.25) is 0 Å². The maximum atomic E-state index is 12.3. The molecule has 252 valence electrons. The van der Waals surface area contributed by atoms with E-state index in [1.807, 2.05) is 0 Å². The van der Waals surface area contributed by atoms with Crippen molar-refractivity contribution in [3.63, 3.8) is 0 Å². The largest absolute Gasteiger partial charge is 0.492 e. The zero-order chi connectivity index (χ0) is 31.7. The minimum atomic E-state index is -0.894. The molecule has 0 aliphatic heterocycles. The Morgan fingerprint density at radius 2 is 1.09 bits per heavy atom. The third-order valence-corrected chi connectivity index (χ3v) is 8.24. The molecule has 0 bridgehead atoms. The quantitative estimate of drug-likeness (QED) is 0.0652. The Morgan fingerprint density at radius 1 is 0.698 bits per heavy atom. The van der Waals surface area contributed by atoms with Gasteiger partial charge < -0.3 is 31.0 Å². The van der Waals surface area contributed by atoms with Gasteiger partial charge in [-0.2, -0.15) is 0 Å². The summed E-state index contributed by atoms with van der Waals surface area (Å²) in [7, 11) is 0. The summed E-state index contributed by atoms with van der Waals surface area (Å²) < 4.78 is 0.644.